The van der Waals surface area contributed by atoms with Crippen LogP contribution in [0.2, 0.25) is 0 Å². The molecule has 0 radical (unpaired) electrons. The highest BCUT2D eigenvalue weighted by Gasteiger charge is 2.25. The van der Waals surface area contributed by atoms with Crippen LogP contribution in [0.5, 0.6) is 0 Å². The Balaban J connectivity index is 1.61. The molecule has 3 heterocycles. The normalized spacial score (nSPS) is 19.2. The van der Waals surface area contributed by atoms with E-state index in [1.165, 1.54) is 4.88 Å². The van der Waals surface area contributed by atoms with Crippen molar-refractivity contribution in [1.29, 1.82) is 0 Å². The zero-order valence-corrected chi connectivity index (χ0v) is 14.5. The van der Waals surface area contributed by atoms with Crippen molar-refractivity contribution >= 4 is 17.3 Å². The molecule has 8 heteroatoms. The summed E-state index contributed by atoms with van der Waals surface area (Å²) < 4.78 is 7.68. The van der Waals surface area contributed by atoms with Gasteiger partial charge < -0.3 is 15.0 Å². The third-order valence-corrected chi connectivity index (χ3v) is 4.65. The lowest BCUT2D eigenvalue weighted by molar-refractivity contribution is -0.00805. The number of ether oxygens (including phenoxy) is 1. The maximum Gasteiger partial charge on any atom is 0.194 e. The van der Waals surface area contributed by atoms with E-state index in [0.29, 0.717) is 13.2 Å². The van der Waals surface area contributed by atoms with Crippen LogP contribution in [0.15, 0.2) is 23.6 Å². The van der Waals surface area contributed by atoms with E-state index in [1.807, 2.05) is 32.7 Å². The minimum absolute atomic E-state index is 0.0260. The van der Waals surface area contributed by atoms with Crippen molar-refractivity contribution in [3.8, 4) is 0 Å². The molecule has 0 aliphatic carbocycles. The molecule has 23 heavy (non-hydrogen) atoms. The first kappa shape index (κ1) is 15.9. The molecule has 1 saturated heterocycles. The van der Waals surface area contributed by atoms with Crippen molar-refractivity contribution in [3.05, 3.63) is 34.0 Å². The van der Waals surface area contributed by atoms with E-state index in [2.05, 4.69) is 32.2 Å². The number of thiazole rings is 1. The standard InChI is InChI=1S/C15H22N6OS/c1-11-6-17-14(23-11)8-18-15(16-2)21-4-5-22-13(10-21)12-7-19-20(3)9-12/h6-7,9,13H,4-5,8,10H2,1-3H3,(H,16,18). The molecule has 1 fully saturated rings. The fraction of sp³-hybridized carbons (Fsp3) is 0.533. The van der Waals surface area contributed by atoms with Crippen LogP contribution in [0.4, 0.5) is 0 Å². The van der Waals surface area contributed by atoms with E-state index in [-0.39, 0.29) is 6.10 Å². The van der Waals surface area contributed by atoms with E-state index in [0.717, 1.165) is 29.6 Å². The van der Waals surface area contributed by atoms with Crippen LogP contribution in [0, 0.1) is 6.92 Å². The van der Waals surface area contributed by atoms with Gasteiger partial charge in [-0.1, -0.05) is 0 Å². The first-order valence-electron chi connectivity index (χ1n) is 7.62. The Hall–Kier alpha value is -1.93. The highest BCUT2D eigenvalue weighted by atomic mass is 32.1. The molecule has 1 unspecified atom stereocenters. The van der Waals surface area contributed by atoms with E-state index in [1.54, 1.807) is 16.0 Å². The molecule has 0 saturated carbocycles. The maximum atomic E-state index is 5.88. The summed E-state index contributed by atoms with van der Waals surface area (Å²) in [5, 5.41) is 8.69. The summed E-state index contributed by atoms with van der Waals surface area (Å²) in [5.41, 5.74) is 1.10. The average molecular weight is 334 g/mol. The predicted octanol–water partition coefficient (Wildman–Crippen LogP) is 1.33. The second kappa shape index (κ2) is 7.10. The van der Waals surface area contributed by atoms with Crippen molar-refractivity contribution in [1.82, 2.24) is 25.0 Å². The Bertz CT molecular complexity index is 679. The summed E-state index contributed by atoms with van der Waals surface area (Å²) in [4.78, 5) is 12.2. The largest absolute Gasteiger partial charge is 0.370 e. The molecule has 2 aromatic heterocycles. The second-order valence-corrected chi connectivity index (χ2v) is 6.84. The Morgan fingerprint density at radius 1 is 1.52 bits per heavy atom. The fourth-order valence-corrected chi connectivity index (χ4v) is 3.35. The number of aryl methyl sites for hydroxylation is 2. The van der Waals surface area contributed by atoms with Crippen LogP contribution in [0.1, 0.15) is 21.6 Å². The number of nitrogens with one attached hydrogen (secondary N) is 1. The van der Waals surface area contributed by atoms with Gasteiger partial charge in [-0.15, -0.1) is 11.3 Å². The van der Waals surface area contributed by atoms with Crippen LogP contribution in [-0.2, 0) is 18.3 Å². The fourth-order valence-electron chi connectivity index (χ4n) is 2.62. The van der Waals surface area contributed by atoms with Gasteiger partial charge in [0, 0.05) is 43.5 Å². The number of aromatic nitrogens is 3. The Morgan fingerprint density at radius 2 is 2.39 bits per heavy atom. The van der Waals surface area contributed by atoms with Gasteiger partial charge in [-0.25, -0.2) is 4.98 Å². The van der Waals surface area contributed by atoms with Gasteiger partial charge in [-0.2, -0.15) is 5.10 Å². The highest BCUT2D eigenvalue weighted by molar-refractivity contribution is 7.11. The molecule has 0 aromatic carbocycles. The molecule has 1 N–H and O–H groups in total. The summed E-state index contributed by atoms with van der Waals surface area (Å²) in [6, 6.07) is 0. The topological polar surface area (TPSA) is 67.6 Å². The van der Waals surface area contributed by atoms with E-state index < -0.39 is 0 Å². The average Bonchev–Trinajstić information content (AvgIpc) is 3.17. The van der Waals surface area contributed by atoms with E-state index >= 15 is 0 Å². The molecule has 124 valence electrons. The van der Waals surface area contributed by atoms with Gasteiger partial charge in [-0.3, -0.25) is 9.67 Å². The summed E-state index contributed by atoms with van der Waals surface area (Å²) in [7, 11) is 3.73. The number of rotatable bonds is 3. The number of guanidine groups is 1. The number of morpholine rings is 1. The van der Waals surface area contributed by atoms with Gasteiger partial charge in [0.1, 0.15) is 11.1 Å². The Morgan fingerprint density at radius 3 is 3.04 bits per heavy atom. The summed E-state index contributed by atoms with van der Waals surface area (Å²) in [5.74, 6) is 0.884. The van der Waals surface area contributed by atoms with Gasteiger partial charge in [0.15, 0.2) is 5.96 Å². The van der Waals surface area contributed by atoms with Gasteiger partial charge in [-0.05, 0) is 6.92 Å². The van der Waals surface area contributed by atoms with Gasteiger partial charge >= 0.3 is 0 Å². The lowest BCUT2D eigenvalue weighted by atomic mass is 10.1. The lowest BCUT2D eigenvalue weighted by Gasteiger charge is -2.34. The quantitative estimate of drug-likeness (QED) is 0.678. The van der Waals surface area contributed by atoms with Crippen LogP contribution in [-0.4, -0.2) is 52.4 Å². The van der Waals surface area contributed by atoms with Crippen molar-refractivity contribution in [2.45, 2.75) is 19.6 Å². The number of aliphatic imine (C=N–C) groups is 1. The number of hydrogen-bond donors (Lipinski definition) is 1. The third-order valence-electron chi connectivity index (χ3n) is 3.74. The van der Waals surface area contributed by atoms with Crippen molar-refractivity contribution < 1.29 is 4.74 Å². The molecule has 1 aliphatic heterocycles. The summed E-state index contributed by atoms with van der Waals surface area (Å²) >= 11 is 1.70. The zero-order valence-electron chi connectivity index (χ0n) is 13.7. The van der Waals surface area contributed by atoms with Crippen LogP contribution >= 0.6 is 11.3 Å². The van der Waals surface area contributed by atoms with Crippen LogP contribution in [0.3, 0.4) is 0 Å². The molecule has 2 aromatic rings. The monoisotopic (exact) mass is 334 g/mol. The van der Waals surface area contributed by atoms with E-state index in [9.17, 15) is 0 Å². The molecule has 1 atom stereocenters. The van der Waals surface area contributed by atoms with Gasteiger partial charge in [0.25, 0.3) is 0 Å². The smallest absolute Gasteiger partial charge is 0.194 e. The number of hydrogen-bond acceptors (Lipinski definition) is 5. The Kier molecular flexibility index (Phi) is 4.92. The maximum absolute atomic E-state index is 5.88. The molecule has 7 nitrogen and oxygen atoms in total. The molecular weight excluding hydrogens is 312 g/mol. The SMILES string of the molecule is CN=C(NCc1ncc(C)s1)N1CCOC(c2cnn(C)c2)C1. The third kappa shape index (κ3) is 3.89. The minimum atomic E-state index is 0.0260. The second-order valence-electron chi connectivity index (χ2n) is 5.52. The summed E-state index contributed by atoms with van der Waals surface area (Å²) in [6.45, 7) is 5.03. The first-order valence-corrected chi connectivity index (χ1v) is 8.44. The first-order chi connectivity index (χ1) is 11.2. The lowest BCUT2D eigenvalue weighted by Crippen LogP contribution is -2.47. The molecule has 0 bridgehead atoms. The molecule has 3 rings (SSSR count). The minimum Gasteiger partial charge on any atom is -0.370 e. The van der Waals surface area contributed by atoms with Gasteiger partial charge in [0.2, 0.25) is 0 Å². The van der Waals surface area contributed by atoms with Crippen molar-refractivity contribution in [2.24, 2.45) is 12.0 Å². The molecular formula is C15H22N6OS. The van der Waals surface area contributed by atoms with Gasteiger partial charge in [0.05, 0.1) is 25.9 Å². The van der Waals surface area contributed by atoms with Crippen molar-refractivity contribution in [3.63, 3.8) is 0 Å². The highest BCUT2D eigenvalue weighted by Crippen LogP contribution is 2.21. The van der Waals surface area contributed by atoms with Crippen LogP contribution < -0.4 is 5.32 Å². The molecule has 0 spiro atoms. The molecule has 1 aliphatic rings. The van der Waals surface area contributed by atoms with E-state index in [4.69, 9.17) is 4.74 Å². The predicted molar refractivity (Wildman–Crippen MR) is 90.5 cm³/mol. The summed E-state index contributed by atoms with van der Waals surface area (Å²) in [6.07, 6.45) is 5.79. The zero-order chi connectivity index (χ0) is 16.2. The molecule has 0 amide bonds. The van der Waals surface area contributed by atoms with Crippen molar-refractivity contribution in [2.75, 3.05) is 26.7 Å². The number of nitrogens with zero attached hydrogens (tertiary/aromatic N) is 5. The Labute approximate surface area is 140 Å². The van der Waals surface area contributed by atoms with Crippen LogP contribution in [0.25, 0.3) is 0 Å².